The molecule has 0 aliphatic rings. The van der Waals surface area contributed by atoms with Crippen molar-refractivity contribution in [2.24, 2.45) is 0 Å². The average Bonchev–Trinajstić information content (AvgIpc) is 2.77. The van der Waals surface area contributed by atoms with Gasteiger partial charge in [0.25, 0.3) is 0 Å². The fraction of sp³-hybridized carbons (Fsp3) is 0.385. The second kappa shape index (κ2) is 5.22. The molecule has 0 bridgehead atoms. The topological polar surface area (TPSA) is 71.2 Å². The predicted octanol–water partition coefficient (Wildman–Crippen LogP) is 2.00. The van der Waals surface area contributed by atoms with E-state index in [0.29, 0.717) is 0 Å². The van der Waals surface area contributed by atoms with Gasteiger partial charge in [-0.3, -0.25) is 0 Å². The Morgan fingerprint density at radius 2 is 2.05 bits per heavy atom. The molecular formula is C13H18N2O3S. The van der Waals surface area contributed by atoms with Crippen molar-refractivity contribution in [2.75, 3.05) is 7.11 Å². The smallest absolute Gasteiger partial charge is 0.214 e. The zero-order chi connectivity index (χ0) is 14.0. The molecule has 0 spiro atoms. The fourth-order valence-electron chi connectivity index (χ4n) is 1.74. The fourth-order valence-corrected chi connectivity index (χ4v) is 2.43. The van der Waals surface area contributed by atoms with Crippen LogP contribution in [0.3, 0.4) is 0 Å². The van der Waals surface area contributed by atoms with Crippen LogP contribution in [0.1, 0.15) is 19.5 Å². The molecule has 104 valence electrons. The summed E-state index contributed by atoms with van der Waals surface area (Å²) in [7, 11) is -1.62. The average molecular weight is 282 g/mol. The number of methoxy groups -OCH3 is 1. The van der Waals surface area contributed by atoms with E-state index in [1.807, 2.05) is 24.3 Å². The second-order valence-corrected chi connectivity index (χ2v) is 6.98. The monoisotopic (exact) mass is 282 g/mol. The van der Waals surface area contributed by atoms with Crippen molar-refractivity contribution in [1.82, 2.24) is 9.71 Å². The van der Waals surface area contributed by atoms with Gasteiger partial charge in [-0.2, -0.15) is 0 Å². The number of rotatable bonds is 5. The molecule has 0 fully saturated rings. The van der Waals surface area contributed by atoms with Crippen LogP contribution >= 0.6 is 0 Å². The first-order chi connectivity index (χ1) is 8.92. The highest BCUT2D eigenvalue weighted by Crippen LogP contribution is 2.21. The standard InChI is InChI=1S/C13H18N2O3S/c1-9(2)19(16,17)14-8-11-6-10-7-12(18-3)4-5-13(10)15-11/h4-7,9,14-15H,8H2,1-3H3. The van der Waals surface area contributed by atoms with Crippen LogP contribution in [0.4, 0.5) is 0 Å². The third kappa shape index (κ3) is 3.08. The van der Waals surface area contributed by atoms with Crippen LogP contribution in [-0.4, -0.2) is 25.8 Å². The van der Waals surface area contributed by atoms with E-state index in [9.17, 15) is 8.42 Å². The molecule has 2 N–H and O–H groups in total. The lowest BCUT2D eigenvalue weighted by Gasteiger charge is -2.08. The van der Waals surface area contributed by atoms with Crippen molar-refractivity contribution < 1.29 is 13.2 Å². The number of aromatic nitrogens is 1. The van der Waals surface area contributed by atoms with E-state index in [-0.39, 0.29) is 6.54 Å². The van der Waals surface area contributed by atoms with Gasteiger partial charge in [-0.1, -0.05) is 0 Å². The molecule has 0 amide bonds. The molecule has 0 atom stereocenters. The largest absolute Gasteiger partial charge is 0.497 e. The van der Waals surface area contributed by atoms with Crippen LogP contribution in [0, 0.1) is 0 Å². The summed E-state index contributed by atoms with van der Waals surface area (Å²) in [4.78, 5) is 3.18. The van der Waals surface area contributed by atoms with E-state index in [1.54, 1.807) is 21.0 Å². The Balaban J connectivity index is 2.18. The van der Waals surface area contributed by atoms with Crippen LogP contribution in [0.5, 0.6) is 5.75 Å². The number of fused-ring (bicyclic) bond motifs is 1. The van der Waals surface area contributed by atoms with Crippen LogP contribution in [0.2, 0.25) is 0 Å². The Bertz CT molecular complexity index is 674. The summed E-state index contributed by atoms with van der Waals surface area (Å²) in [6.45, 7) is 3.56. The second-order valence-electron chi connectivity index (χ2n) is 4.66. The van der Waals surface area contributed by atoms with Gasteiger partial charge in [0.1, 0.15) is 5.75 Å². The van der Waals surface area contributed by atoms with E-state index < -0.39 is 15.3 Å². The SMILES string of the molecule is COc1ccc2[nH]c(CNS(=O)(=O)C(C)C)cc2c1. The third-order valence-corrected chi connectivity index (χ3v) is 4.76. The zero-order valence-corrected chi connectivity index (χ0v) is 12.0. The minimum absolute atomic E-state index is 0.261. The molecule has 19 heavy (non-hydrogen) atoms. The van der Waals surface area contributed by atoms with Gasteiger partial charge in [0.2, 0.25) is 10.0 Å². The van der Waals surface area contributed by atoms with Gasteiger partial charge < -0.3 is 9.72 Å². The van der Waals surface area contributed by atoms with Gasteiger partial charge in [0, 0.05) is 16.6 Å². The summed E-state index contributed by atoms with van der Waals surface area (Å²) in [5.74, 6) is 0.779. The number of H-pyrrole nitrogens is 1. The number of hydrogen-bond acceptors (Lipinski definition) is 3. The van der Waals surface area contributed by atoms with Crippen molar-refractivity contribution in [3.8, 4) is 5.75 Å². The molecule has 1 heterocycles. The van der Waals surface area contributed by atoms with E-state index >= 15 is 0 Å². The molecule has 1 aromatic carbocycles. The summed E-state index contributed by atoms with van der Waals surface area (Å²) in [5, 5.41) is 0.565. The number of sulfonamides is 1. The Labute approximate surface area is 113 Å². The normalized spacial score (nSPS) is 12.2. The highest BCUT2D eigenvalue weighted by Gasteiger charge is 2.15. The Hall–Kier alpha value is -1.53. The van der Waals surface area contributed by atoms with Crippen LogP contribution in [0.15, 0.2) is 24.3 Å². The van der Waals surface area contributed by atoms with Crippen LogP contribution in [-0.2, 0) is 16.6 Å². The summed E-state index contributed by atoms with van der Waals surface area (Å²) >= 11 is 0. The van der Waals surface area contributed by atoms with E-state index in [1.165, 1.54) is 0 Å². The highest BCUT2D eigenvalue weighted by molar-refractivity contribution is 7.90. The minimum atomic E-state index is -3.24. The lowest BCUT2D eigenvalue weighted by atomic mass is 10.2. The van der Waals surface area contributed by atoms with Gasteiger partial charge in [-0.15, -0.1) is 0 Å². The van der Waals surface area contributed by atoms with E-state index in [2.05, 4.69) is 9.71 Å². The zero-order valence-electron chi connectivity index (χ0n) is 11.2. The first-order valence-electron chi connectivity index (χ1n) is 6.06. The molecule has 0 aliphatic carbocycles. The molecule has 2 rings (SSSR count). The predicted molar refractivity (Wildman–Crippen MR) is 75.7 cm³/mol. The molecule has 0 saturated carbocycles. The Morgan fingerprint density at radius 1 is 1.32 bits per heavy atom. The first kappa shape index (κ1) is 13.9. The van der Waals surface area contributed by atoms with Crippen molar-refractivity contribution >= 4 is 20.9 Å². The van der Waals surface area contributed by atoms with Crippen molar-refractivity contribution in [3.63, 3.8) is 0 Å². The Kier molecular flexibility index (Phi) is 3.82. The Morgan fingerprint density at radius 3 is 2.68 bits per heavy atom. The third-order valence-electron chi connectivity index (χ3n) is 2.97. The van der Waals surface area contributed by atoms with Crippen molar-refractivity contribution in [1.29, 1.82) is 0 Å². The van der Waals surface area contributed by atoms with Crippen LogP contribution < -0.4 is 9.46 Å². The van der Waals surface area contributed by atoms with Gasteiger partial charge in [0.15, 0.2) is 0 Å². The van der Waals surface area contributed by atoms with Crippen molar-refractivity contribution in [2.45, 2.75) is 25.6 Å². The van der Waals surface area contributed by atoms with Gasteiger partial charge >= 0.3 is 0 Å². The molecule has 0 aliphatic heterocycles. The van der Waals surface area contributed by atoms with Crippen molar-refractivity contribution in [3.05, 3.63) is 30.0 Å². The lowest BCUT2D eigenvalue weighted by molar-refractivity contribution is 0.415. The molecule has 6 heteroatoms. The maximum Gasteiger partial charge on any atom is 0.214 e. The molecule has 2 aromatic rings. The quantitative estimate of drug-likeness (QED) is 0.881. The summed E-state index contributed by atoms with van der Waals surface area (Å²) in [6, 6.07) is 7.60. The molecule has 1 aromatic heterocycles. The first-order valence-corrected chi connectivity index (χ1v) is 7.61. The molecule has 5 nitrogen and oxygen atoms in total. The summed E-state index contributed by atoms with van der Waals surface area (Å²) < 4.78 is 31.1. The van der Waals surface area contributed by atoms with Crippen LogP contribution in [0.25, 0.3) is 10.9 Å². The molecule has 0 unspecified atom stereocenters. The summed E-state index contributed by atoms with van der Waals surface area (Å²) in [6.07, 6.45) is 0. The molecule has 0 saturated heterocycles. The molecule has 0 radical (unpaired) electrons. The summed E-state index contributed by atoms with van der Waals surface area (Å²) in [5.41, 5.74) is 1.78. The van der Waals surface area contributed by atoms with E-state index in [0.717, 1.165) is 22.3 Å². The lowest BCUT2D eigenvalue weighted by Crippen LogP contribution is -2.30. The molecular weight excluding hydrogens is 264 g/mol. The number of hydrogen-bond donors (Lipinski definition) is 2. The van der Waals surface area contributed by atoms with Gasteiger partial charge in [-0.25, -0.2) is 13.1 Å². The number of nitrogens with one attached hydrogen (secondary N) is 2. The number of benzene rings is 1. The maximum atomic E-state index is 11.7. The minimum Gasteiger partial charge on any atom is -0.497 e. The van der Waals surface area contributed by atoms with Gasteiger partial charge in [0.05, 0.1) is 18.9 Å². The van der Waals surface area contributed by atoms with E-state index in [4.69, 9.17) is 4.74 Å². The maximum absolute atomic E-state index is 11.7. The number of ether oxygens (including phenoxy) is 1. The highest BCUT2D eigenvalue weighted by atomic mass is 32.2. The van der Waals surface area contributed by atoms with Gasteiger partial charge in [-0.05, 0) is 38.1 Å². The number of aromatic amines is 1.